The summed E-state index contributed by atoms with van der Waals surface area (Å²) in [5.74, 6) is -3.12. The van der Waals surface area contributed by atoms with Crippen LogP contribution in [0, 0.1) is 0 Å². The third kappa shape index (κ3) is 51.6. The Morgan fingerprint density at radius 3 is 1.11 bits per heavy atom. The van der Waals surface area contributed by atoms with E-state index in [1.54, 1.807) is 0 Å². The summed E-state index contributed by atoms with van der Waals surface area (Å²) in [6, 6.07) is 0. The Morgan fingerprint density at radius 2 is 0.724 bits per heavy atom. The average molecular weight is 1220 g/mol. The van der Waals surface area contributed by atoms with Crippen molar-refractivity contribution in [2.24, 2.45) is 0 Å². The number of aliphatic hydroxyl groups is 2. The number of carbonyl (C=O) groups excluding carboxylic acids is 3. The molecule has 0 spiro atoms. The number of carboxylic acids is 1. The molecule has 0 aromatic rings. The smallest absolute Gasteiger partial charge is 0.335 e. The maximum atomic E-state index is 13.3. The van der Waals surface area contributed by atoms with E-state index in [9.17, 15) is 34.5 Å². The van der Waals surface area contributed by atoms with Crippen LogP contribution in [0.2, 0.25) is 0 Å². The SMILES string of the molecule is CC/C=C\C/C=C\C/C=C\C/C=C\CCCCCCCCC(=O)OC1C(OCC(COC(=O)CCCCCCCCCCC/C=C\CCCCCCCC)OC(=O)CCCCCCCCCCC/C=C\CCCCCCCC)OC(C(=O)O)C(O)C1O. The largest absolute Gasteiger partial charge is 0.479 e. The summed E-state index contributed by atoms with van der Waals surface area (Å²) in [6.45, 7) is 5.93. The fraction of sp³-hybridized carbons (Fsp3) is 0.787. The van der Waals surface area contributed by atoms with Crippen molar-refractivity contribution >= 4 is 23.9 Å². The van der Waals surface area contributed by atoms with Crippen LogP contribution in [0.25, 0.3) is 0 Å². The first kappa shape index (κ1) is 81.2. The van der Waals surface area contributed by atoms with E-state index >= 15 is 0 Å². The summed E-state index contributed by atoms with van der Waals surface area (Å²) in [5, 5.41) is 31.7. The molecule has 1 saturated heterocycles. The molecule has 0 aliphatic carbocycles. The number of esters is 3. The molecule has 3 N–H and O–H groups in total. The maximum Gasteiger partial charge on any atom is 0.335 e. The summed E-state index contributed by atoms with van der Waals surface area (Å²) in [7, 11) is 0. The fourth-order valence-corrected chi connectivity index (χ4v) is 10.8. The van der Waals surface area contributed by atoms with Crippen LogP contribution < -0.4 is 0 Å². The van der Waals surface area contributed by atoms with Gasteiger partial charge in [-0.15, -0.1) is 0 Å². The molecule has 0 aromatic carbocycles. The molecule has 6 atom stereocenters. The van der Waals surface area contributed by atoms with Gasteiger partial charge in [0.05, 0.1) is 6.61 Å². The van der Waals surface area contributed by atoms with E-state index in [0.29, 0.717) is 19.3 Å². The Labute approximate surface area is 531 Å². The van der Waals surface area contributed by atoms with Gasteiger partial charge in [0.2, 0.25) is 0 Å². The Morgan fingerprint density at radius 1 is 0.391 bits per heavy atom. The van der Waals surface area contributed by atoms with Gasteiger partial charge in [-0.05, 0) is 109 Å². The Balaban J connectivity index is 2.63. The first-order valence-electron chi connectivity index (χ1n) is 35.9. The first-order valence-corrected chi connectivity index (χ1v) is 35.9. The standard InChI is InChI=1S/C75H130O12/c1-4-7-10-13-16-19-22-25-28-31-34-37-40-43-46-49-52-55-58-61-67(76)83-64-66(85-68(77)62-59-56-53-50-47-44-41-38-35-32-29-26-23-20-17-14-11-8-5-2)65-84-75-73(71(80)70(79)72(87-75)74(81)82)86-69(78)63-60-57-54-51-48-45-42-39-36-33-30-27-24-21-18-15-12-9-6-3/h9,12,18,21,25-30,36,39,66,70-73,75,79-80H,4-8,10-11,13-17,19-20,22-24,31-35,37-38,40-65H2,1-3H3,(H,81,82)/b12-9-,21-18-,28-25-,29-26-,30-27-,39-36-. The molecule has 1 aliphatic heterocycles. The van der Waals surface area contributed by atoms with Crippen LogP contribution in [0.4, 0.5) is 0 Å². The summed E-state index contributed by atoms with van der Waals surface area (Å²) in [5.41, 5.74) is 0. The first-order chi connectivity index (χ1) is 42.6. The van der Waals surface area contributed by atoms with Gasteiger partial charge in [-0.25, -0.2) is 4.79 Å². The third-order valence-electron chi connectivity index (χ3n) is 16.2. The van der Waals surface area contributed by atoms with E-state index in [1.165, 1.54) is 167 Å². The highest BCUT2D eigenvalue weighted by molar-refractivity contribution is 5.74. The van der Waals surface area contributed by atoms with Crippen LogP contribution in [0.1, 0.15) is 329 Å². The minimum absolute atomic E-state index is 0.0434. The van der Waals surface area contributed by atoms with Crippen LogP contribution in [0.15, 0.2) is 72.9 Å². The Bertz CT molecular complexity index is 1790. The molecule has 0 bridgehead atoms. The van der Waals surface area contributed by atoms with Gasteiger partial charge < -0.3 is 39.0 Å². The molecule has 12 nitrogen and oxygen atoms in total. The number of aliphatic hydroxyl groups excluding tert-OH is 2. The number of ether oxygens (including phenoxy) is 5. The molecule has 0 saturated carbocycles. The zero-order valence-corrected chi connectivity index (χ0v) is 55.8. The topological polar surface area (TPSA) is 175 Å². The zero-order valence-electron chi connectivity index (χ0n) is 55.8. The lowest BCUT2D eigenvalue weighted by Gasteiger charge is -2.40. The molecule has 1 rings (SSSR count). The highest BCUT2D eigenvalue weighted by atomic mass is 16.7. The Kier molecular flexibility index (Phi) is 58.2. The van der Waals surface area contributed by atoms with Crippen molar-refractivity contribution in [3.05, 3.63) is 72.9 Å². The van der Waals surface area contributed by atoms with Gasteiger partial charge in [-0.1, -0.05) is 273 Å². The molecule has 1 fully saturated rings. The summed E-state index contributed by atoms with van der Waals surface area (Å²) >= 11 is 0. The second-order valence-corrected chi connectivity index (χ2v) is 24.5. The van der Waals surface area contributed by atoms with E-state index in [4.69, 9.17) is 23.7 Å². The van der Waals surface area contributed by atoms with Gasteiger partial charge in [0, 0.05) is 19.3 Å². The van der Waals surface area contributed by atoms with Crippen LogP contribution in [-0.2, 0) is 42.9 Å². The zero-order chi connectivity index (χ0) is 63.1. The molecular weight excluding hydrogens is 1090 g/mol. The van der Waals surface area contributed by atoms with Gasteiger partial charge in [0.1, 0.15) is 18.8 Å². The number of rotatable bonds is 62. The molecule has 6 unspecified atom stereocenters. The second kappa shape index (κ2) is 62.4. The highest BCUT2D eigenvalue weighted by Gasteiger charge is 2.50. The quantitative estimate of drug-likeness (QED) is 0.0228. The number of unbranched alkanes of at least 4 members (excludes halogenated alkanes) is 36. The summed E-state index contributed by atoms with van der Waals surface area (Å²) in [6.07, 6.45) is 68.5. The highest BCUT2D eigenvalue weighted by Crippen LogP contribution is 2.27. The van der Waals surface area contributed by atoms with Gasteiger partial charge in [0.25, 0.3) is 0 Å². The van der Waals surface area contributed by atoms with Crippen molar-refractivity contribution in [3.63, 3.8) is 0 Å². The third-order valence-corrected chi connectivity index (χ3v) is 16.2. The molecule has 12 heteroatoms. The molecule has 502 valence electrons. The predicted octanol–water partition coefficient (Wildman–Crippen LogP) is 20.0. The van der Waals surface area contributed by atoms with Gasteiger partial charge >= 0.3 is 23.9 Å². The van der Waals surface area contributed by atoms with Crippen LogP contribution >= 0.6 is 0 Å². The number of aliphatic carboxylic acids is 1. The summed E-state index contributed by atoms with van der Waals surface area (Å²) < 4.78 is 28.6. The van der Waals surface area contributed by atoms with E-state index in [0.717, 1.165) is 103 Å². The molecule has 87 heavy (non-hydrogen) atoms. The monoisotopic (exact) mass is 1220 g/mol. The number of allylic oxidation sites excluding steroid dienone is 12. The van der Waals surface area contributed by atoms with E-state index in [1.807, 2.05) is 0 Å². The van der Waals surface area contributed by atoms with Crippen molar-refractivity contribution in [3.8, 4) is 0 Å². The number of carboxylic acid groups (broad SMARTS) is 1. The van der Waals surface area contributed by atoms with Crippen molar-refractivity contribution in [1.82, 2.24) is 0 Å². The van der Waals surface area contributed by atoms with Crippen molar-refractivity contribution in [1.29, 1.82) is 0 Å². The molecule has 1 heterocycles. The minimum atomic E-state index is -1.91. The fourth-order valence-electron chi connectivity index (χ4n) is 10.8. The van der Waals surface area contributed by atoms with E-state index < -0.39 is 67.3 Å². The molecule has 0 radical (unpaired) electrons. The van der Waals surface area contributed by atoms with Crippen molar-refractivity contribution < 1.29 is 58.2 Å². The molecular formula is C75H130O12. The van der Waals surface area contributed by atoms with E-state index in [2.05, 4.69) is 93.7 Å². The van der Waals surface area contributed by atoms with Gasteiger partial charge in [-0.2, -0.15) is 0 Å². The van der Waals surface area contributed by atoms with E-state index in [-0.39, 0.29) is 25.9 Å². The minimum Gasteiger partial charge on any atom is -0.479 e. The second-order valence-electron chi connectivity index (χ2n) is 24.5. The van der Waals surface area contributed by atoms with Crippen molar-refractivity contribution in [2.75, 3.05) is 13.2 Å². The lowest BCUT2D eigenvalue weighted by molar-refractivity contribution is -0.301. The number of carbonyl (C=O) groups is 4. The predicted molar refractivity (Wildman–Crippen MR) is 358 cm³/mol. The van der Waals surface area contributed by atoms with Gasteiger partial charge in [-0.3, -0.25) is 14.4 Å². The number of hydrogen-bond acceptors (Lipinski definition) is 11. The number of hydrogen-bond donors (Lipinski definition) is 3. The lowest BCUT2D eigenvalue weighted by Crippen LogP contribution is -2.61. The molecule has 0 aromatic heterocycles. The van der Waals surface area contributed by atoms with Crippen LogP contribution in [-0.4, -0.2) is 89.2 Å². The Hall–Kier alpha value is -3.84. The average Bonchev–Trinajstić information content (AvgIpc) is 2.60. The van der Waals surface area contributed by atoms with Crippen LogP contribution in [0.5, 0.6) is 0 Å². The van der Waals surface area contributed by atoms with Crippen molar-refractivity contribution in [2.45, 2.75) is 366 Å². The molecule has 0 amide bonds. The maximum absolute atomic E-state index is 13.3. The lowest BCUT2D eigenvalue weighted by atomic mass is 9.98. The van der Waals surface area contributed by atoms with Gasteiger partial charge in [0.15, 0.2) is 24.6 Å². The van der Waals surface area contributed by atoms with Crippen LogP contribution in [0.3, 0.4) is 0 Å². The summed E-state index contributed by atoms with van der Waals surface area (Å²) in [4.78, 5) is 51.5. The molecule has 1 aliphatic rings. The normalized spacial score (nSPS) is 17.7.